The third kappa shape index (κ3) is 2.09. The Kier molecular flexibility index (Phi) is 3.30. The predicted octanol–water partition coefficient (Wildman–Crippen LogP) is 3.76. The van der Waals surface area contributed by atoms with Crippen molar-refractivity contribution < 1.29 is 0 Å². The summed E-state index contributed by atoms with van der Waals surface area (Å²) in [4.78, 5) is 7.71. The lowest BCUT2D eigenvalue weighted by atomic mass is 9.90. The SMILES string of the molecule is CC(C)C(c1cc2c3c(c1)CCN3C(=S)CC2)n1ccnc1. The lowest BCUT2D eigenvalue weighted by Crippen LogP contribution is -2.31. The molecule has 3 nitrogen and oxygen atoms in total. The summed E-state index contributed by atoms with van der Waals surface area (Å²) in [5, 5.41) is 0. The number of aryl methyl sites for hydroxylation is 1. The van der Waals surface area contributed by atoms with Crippen molar-refractivity contribution in [3.8, 4) is 0 Å². The van der Waals surface area contributed by atoms with Gasteiger partial charge in [0.25, 0.3) is 0 Å². The molecule has 0 saturated carbocycles. The fourth-order valence-corrected chi connectivity index (χ4v) is 4.28. The molecular weight excluding hydrogens is 290 g/mol. The molecule has 0 bridgehead atoms. The maximum atomic E-state index is 5.54. The Balaban J connectivity index is 1.82. The van der Waals surface area contributed by atoms with E-state index in [-0.39, 0.29) is 0 Å². The van der Waals surface area contributed by atoms with Crippen LogP contribution >= 0.6 is 12.2 Å². The van der Waals surface area contributed by atoms with E-state index in [0.29, 0.717) is 12.0 Å². The van der Waals surface area contributed by atoms with Crippen molar-refractivity contribution in [2.45, 2.75) is 39.2 Å². The fourth-order valence-electron chi connectivity index (χ4n) is 3.99. The molecule has 4 heteroatoms. The maximum Gasteiger partial charge on any atom is 0.0951 e. The van der Waals surface area contributed by atoms with E-state index in [0.717, 1.165) is 30.8 Å². The molecule has 1 unspecified atom stereocenters. The minimum Gasteiger partial charge on any atom is -0.335 e. The summed E-state index contributed by atoms with van der Waals surface area (Å²) in [5.41, 5.74) is 5.77. The maximum absolute atomic E-state index is 5.54. The number of rotatable bonds is 3. The van der Waals surface area contributed by atoms with Gasteiger partial charge in [0, 0.05) is 31.0 Å². The van der Waals surface area contributed by atoms with Gasteiger partial charge in [-0.3, -0.25) is 0 Å². The average molecular weight is 311 g/mol. The highest BCUT2D eigenvalue weighted by Gasteiger charge is 2.30. The van der Waals surface area contributed by atoms with Crippen LogP contribution < -0.4 is 4.90 Å². The van der Waals surface area contributed by atoms with E-state index >= 15 is 0 Å². The second-order valence-electron chi connectivity index (χ2n) is 6.68. The molecule has 0 amide bonds. The minimum absolute atomic E-state index is 0.354. The van der Waals surface area contributed by atoms with Crippen LogP contribution in [0.3, 0.4) is 0 Å². The number of hydrogen-bond donors (Lipinski definition) is 0. The van der Waals surface area contributed by atoms with Crippen molar-refractivity contribution in [1.29, 1.82) is 0 Å². The van der Waals surface area contributed by atoms with Crippen molar-refractivity contribution in [1.82, 2.24) is 9.55 Å². The van der Waals surface area contributed by atoms with Crippen molar-refractivity contribution in [2.75, 3.05) is 11.4 Å². The van der Waals surface area contributed by atoms with E-state index in [1.165, 1.54) is 22.4 Å². The number of benzene rings is 1. The van der Waals surface area contributed by atoms with Crippen LogP contribution in [-0.2, 0) is 12.8 Å². The Bertz CT molecular complexity index is 718. The van der Waals surface area contributed by atoms with Crippen molar-refractivity contribution >= 4 is 22.9 Å². The monoisotopic (exact) mass is 311 g/mol. The van der Waals surface area contributed by atoms with Crippen LogP contribution in [0.5, 0.6) is 0 Å². The van der Waals surface area contributed by atoms with Crippen LogP contribution in [0.15, 0.2) is 30.9 Å². The Morgan fingerprint density at radius 3 is 2.59 bits per heavy atom. The number of thiocarbonyl (C=S) groups is 1. The topological polar surface area (TPSA) is 21.1 Å². The van der Waals surface area contributed by atoms with E-state index in [1.807, 2.05) is 12.5 Å². The zero-order valence-electron chi connectivity index (χ0n) is 13.1. The van der Waals surface area contributed by atoms with Crippen molar-refractivity contribution in [3.05, 3.63) is 47.5 Å². The number of anilines is 1. The molecule has 2 aliphatic rings. The predicted molar refractivity (Wildman–Crippen MR) is 93.6 cm³/mol. The van der Waals surface area contributed by atoms with E-state index in [4.69, 9.17) is 12.2 Å². The van der Waals surface area contributed by atoms with Gasteiger partial charge in [-0.25, -0.2) is 4.98 Å². The van der Waals surface area contributed by atoms with Crippen LogP contribution in [0, 0.1) is 5.92 Å². The van der Waals surface area contributed by atoms with Gasteiger partial charge in [-0.05, 0) is 35.4 Å². The number of aromatic nitrogens is 2. The first-order chi connectivity index (χ1) is 10.6. The first-order valence-electron chi connectivity index (χ1n) is 8.08. The molecule has 22 heavy (non-hydrogen) atoms. The molecule has 0 fully saturated rings. The molecule has 0 radical (unpaired) electrons. The molecular formula is C18H21N3S. The second-order valence-corrected chi connectivity index (χ2v) is 7.15. The zero-order chi connectivity index (χ0) is 15.3. The van der Waals surface area contributed by atoms with Gasteiger partial charge in [-0.1, -0.05) is 38.2 Å². The molecule has 0 aliphatic carbocycles. The van der Waals surface area contributed by atoms with E-state index in [9.17, 15) is 0 Å². The summed E-state index contributed by atoms with van der Waals surface area (Å²) in [5.74, 6) is 0.529. The van der Waals surface area contributed by atoms with E-state index in [1.54, 1.807) is 0 Å². The summed E-state index contributed by atoms with van der Waals surface area (Å²) in [6, 6.07) is 5.16. The third-order valence-corrected chi connectivity index (χ3v) is 5.32. The van der Waals surface area contributed by atoms with Crippen LogP contribution in [0.1, 0.15) is 43.0 Å². The second kappa shape index (κ2) is 5.20. The summed E-state index contributed by atoms with van der Waals surface area (Å²) in [6.45, 7) is 5.62. The van der Waals surface area contributed by atoms with Gasteiger partial charge < -0.3 is 9.47 Å². The lowest BCUT2D eigenvalue weighted by Gasteiger charge is -2.30. The van der Waals surface area contributed by atoms with Gasteiger partial charge in [0.1, 0.15) is 0 Å². The molecule has 4 rings (SSSR count). The largest absolute Gasteiger partial charge is 0.335 e. The number of hydrogen-bond acceptors (Lipinski definition) is 2. The number of nitrogens with zero attached hydrogens (tertiary/aromatic N) is 3. The van der Waals surface area contributed by atoms with E-state index in [2.05, 4.69) is 46.6 Å². The molecule has 1 aromatic carbocycles. The molecule has 2 aliphatic heterocycles. The molecule has 0 spiro atoms. The smallest absolute Gasteiger partial charge is 0.0951 e. The molecule has 0 saturated heterocycles. The highest BCUT2D eigenvalue weighted by atomic mass is 32.1. The molecule has 114 valence electrons. The normalized spacial score (nSPS) is 18.0. The molecule has 3 heterocycles. The summed E-state index contributed by atoms with van der Waals surface area (Å²) < 4.78 is 2.24. The van der Waals surface area contributed by atoms with Gasteiger partial charge >= 0.3 is 0 Å². The Morgan fingerprint density at radius 1 is 1.14 bits per heavy atom. The van der Waals surface area contributed by atoms with E-state index < -0.39 is 0 Å². The van der Waals surface area contributed by atoms with Crippen LogP contribution in [-0.4, -0.2) is 21.1 Å². The number of imidazole rings is 1. The molecule has 1 atom stereocenters. The Hall–Kier alpha value is -1.68. The zero-order valence-corrected chi connectivity index (χ0v) is 13.9. The van der Waals surface area contributed by atoms with Crippen LogP contribution in [0.2, 0.25) is 0 Å². The van der Waals surface area contributed by atoms with Gasteiger partial charge in [0.2, 0.25) is 0 Å². The standard InChI is InChI=1S/C18H21N3S/c1-12(2)17(20-8-6-19-11-20)15-9-13-3-4-16(22)21-7-5-14(10-15)18(13)21/h6,8-12,17H,3-5,7H2,1-2H3. The lowest BCUT2D eigenvalue weighted by molar-refractivity contribution is 0.436. The molecule has 2 aromatic rings. The van der Waals surface area contributed by atoms with Crippen LogP contribution in [0.4, 0.5) is 5.69 Å². The van der Waals surface area contributed by atoms with Gasteiger partial charge in [0.15, 0.2) is 0 Å². The molecule has 1 aromatic heterocycles. The minimum atomic E-state index is 0.354. The van der Waals surface area contributed by atoms with Gasteiger partial charge in [-0.15, -0.1) is 0 Å². The summed E-state index contributed by atoms with van der Waals surface area (Å²) >= 11 is 5.54. The van der Waals surface area contributed by atoms with Gasteiger partial charge in [0.05, 0.1) is 17.4 Å². The average Bonchev–Trinajstić information content (AvgIpc) is 3.13. The first-order valence-corrected chi connectivity index (χ1v) is 8.49. The quantitative estimate of drug-likeness (QED) is 0.805. The van der Waals surface area contributed by atoms with Crippen molar-refractivity contribution in [3.63, 3.8) is 0 Å². The summed E-state index contributed by atoms with van der Waals surface area (Å²) in [6.07, 6.45) is 9.09. The Labute approximate surface area is 137 Å². The highest BCUT2D eigenvalue weighted by molar-refractivity contribution is 7.80. The highest BCUT2D eigenvalue weighted by Crippen LogP contribution is 2.40. The third-order valence-electron chi connectivity index (χ3n) is 4.89. The van der Waals surface area contributed by atoms with Gasteiger partial charge in [-0.2, -0.15) is 0 Å². The molecule has 0 N–H and O–H groups in total. The van der Waals surface area contributed by atoms with Crippen molar-refractivity contribution in [2.24, 2.45) is 5.92 Å². The summed E-state index contributed by atoms with van der Waals surface area (Å²) in [7, 11) is 0. The van der Waals surface area contributed by atoms with Crippen LogP contribution in [0.25, 0.3) is 0 Å². The Morgan fingerprint density at radius 2 is 1.91 bits per heavy atom. The first kappa shape index (κ1) is 13.9. The fraction of sp³-hybridized carbons (Fsp3) is 0.444.